The molecule has 0 spiro atoms. The van der Waals surface area contributed by atoms with Crippen LogP contribution in [0.15, 0.2) is 49.2 Å². The van der Waals surface area contributed by atoms with Crippen LogP contribution < -0.4 is 15.0 Å². The Balaban J connectivity index is 1.82. The molecule has 12 nitrogen and oxygen atoms in total. The molecule has 1 aliphatic rings. The van der Waals surface area contributed by atoms with Crippen LogP contribution in [0.1, 0.15) is 86.6 Å². The highest BCUT2D eigenvalue weighted by molar-refractivity contribution is 6.00. The molecule has 1 aliphatic heterocycles. The summed E-state index contributed by atoms with van der Waals surface area (Å²) in [6.07, 6.45) is 3.48. The van der Waals surface area contributed by atoms with Gasteiger partial charge in [-0.1, -0.05) is 26.5 Å². The first-order valence-electron chi connectivity index (χ1n) is 15.9. The summed E-state index contributed by atoms with van der Waals surface area (Å²) in [5.41, 5.74) is 0.291. The van der Waals surface area contributed by atoms with Gasteiger partial charge in [-0.25, -0.2) is 9.69 Å². The summed E-state index contributed by atoms with van der Waals surface area (Å²) in [6, 6.07) is 8.49. The molecule has 1 fully saturated rings. The minimum Gasteiger partial charge on any atom is -0.481 e. The van der Waals surface area contributed by atoms with Crippen molar-refractivity contribution in [2.45, 2.75) is 98.3 Å². The molecule has 2 N–H and O–H groups in total. The number of piperidine rings is 1. The van der Waals surface area contributed by atoms with Crippen molar-refractivity contribution in [3.8, 4) is 5.88 Å². The van der Waals surface area contributed by atoms with Crippen molar-refractivity contribution in [1.29, 1.82) is 0 Å². The highest BCUT2D eigenvalue weighted by Gasteiger charge is 2.40. The lowest BCUT2D eigenvalue weighted by atomic mass is 9.84. The summed E-state index contributed by atoms with van der Waals surface area (Å²) in [5.74, 6) is -0.553. The summed E-state index contributed by atoms with van der Waals surface area (Å²) in [4.78, 5) is 46.5. The van der Waals surface area contributed by atoms with E-state index in [1.807, 2.05) is 13.8 Å². The van der Waals surface area contributed by atoms with E-state index in [1.165, 1.54) is 11.0 Å². The number of benzene rings is 1. The topological polar surface area (TPSA) is 139 Å². The molecule has 0 aliphatic carbocycles. The average Bonchev–Trinajstić information content (AvgIpc) is 3.38. The fourth-order valence-corrected chi connectivity index (χ4v) is 5.47. The number of amides is 2. The molecular formula is C35H48N6O6. The number of hydrogen-bond donors (Lipinski definition) is 2. The molecule has 4 rings (SSSR count). The minimum absolute atomic E-state index is 0.0692. The number of fused-ring (bicyclic) bond motifs is 1. The molecule has 1 atom stereocenters. The Labute approximate surface area is 276 Å². The zero-order valence-electron chi connectivity index (χ0n) is 29.0. The third-order valence-corrected chi connectivity index (χ3v) is 8.25. The third-order valence-electron chi connectivity index (χ3n) is 8.25. The van der Waals surface area contributed by atoms with Crippen molar-refractivity contribution in [1.82, 2.24) is 19.5 Å². The molecule has 2 amide bonds. The number of aliphatic carboxylic acids is 1. The predicted octanol–water partition coefficient (Wildman–Crippen LogP) is 6.78. The van der Waals surface area contributed by atoms with Crippen molar-refractivity contribution in [3.63, 3.8) is 0 Å². The Morgan fingerprint density at radius 3 is 2.51 bits per heavy atom. The molecular weight excluding hydrogens is 600 g/mol. The Morgan fingerprint density at radius 1 is 1.19 bits per heavy atom. The van der Waals surface area contributed by atoms with Crippen LogP contribution in [-0.4, -0.2) is 72.9 Å². The maximum absolute atomic E-state index is 14.0. The Morgan fingerprint density at radius 2 is 1.89 bits per heavy atom. The number of nitrogens with zero attached hydrogens (tertiary/aromatic N) is 5. The van der Waals surface area contributed by atoms with Gasteiger partial charge in [0.1, 0.15) is 11.7 Å². The van der Waals surface area contributed by atoms with E-state index in [1.54, 1.807) is 75.7 Å². The van der Waals surface area contributed by atoms with E-state index in [2.05, 4.69) is 35.7 Å². The lowest BCUT2D eigenvalue weighted by Gasteiger charge is -2.47. The zero-order valence-corrected chi connectivity index (χ0v) is 29.0. The van der Waals surface area contributed by atoms with Crippen molar-refractivity contribution in [2.24, 2.45) is 5.41 Å². The number of nitrogens with one attached hydrogen (secondary N) is 1. The van der Waals surface area contributed by atoms with Crippen LogP contribution >= 0.6 is 0 Å². The van der Waals surface area contributed by atoms with Gasteiger partial charge < -0.3 is 19.9 Å². The number of rotatable bonds is 10. The zero-order chi connectivity index (χ0) is 34.9. The van der Waals surface area contributed by atoms with Gasteiger partial charge in [0.15, 0.2) is 11.5 Å². The normalized spacial score (nSPS) is 16.9. The minimum atomic E-state index is -0.944. The van der Waals surface area contributed by atoms with Gasteiger partial charge >= 0.3 is 12.1 Å². The van der Waals surface area contributed by atoms with Crippen LogP contribution in [0.2, 0.25) is 0 Å². The molecule has 1 saturated heterocycles. The van der Waals surface area contributed by atoms with Crippen LogP contribution in [0.25, 0.3) is 5.65 Å². The molecule has 0 saturated carbocycles. The number of carbonyl (C=O) groups is 3. The number of likely N-dealkylation sites (tertiary alicyclic amines) is 1. The highest BCUT2D eigenvalue weighted by Crippen LogP contribution is 2.36. The SMILES string of the molecule is C=CC(=O)Nc1cccc(N(C(=O)OC(C)(C)C)c2cc(O[C@@H]3CCC(C)(C)N(CC(C)(C)C(=O)O)C3)nc3c(C(C)C)cnn23)c1. The highest BCUT2D eigenvalue weighted by atomic mass is 16.6. The molecule has 3 heterocycles. The predicted molar refractivity (Wildman–Crippen MR) is 181 cm³/mol. The maximum Gasteiger partial charge on any atom is 0.420 e. The first-order chi connectivity index (χ1) is 21.8. The second-order valence-electron chi connectivity index (χ2n) is 14.7. The monoisotopic (exact) mass is 648 g/mol. The number of carboxylic acid groups (broad SMARTS) is 1. The number of ether oxygens (including phenoxy) is 2. The summed E-state index contributed by atoms with van der Waals surface area (Å²) < 4.78 is 14.0. The number of aromatic nitrogens is 3. The molecule has 0 unspecified atom stereocenters. The summed E-state index contributed by atoms with van der Waals surface area (Å²) in [6.45, 7) is 21.5. The Hall–Kier alpha value is -4.45. The summed E-state index contributed by atoms with van der Waals surface area (Å²) in [5, 5.41) is 17.2. The van der Waals surface area contributed by atoms with E-state index in [0.717, 1.165) is 18.4 Å². The van der Waals surface area contributed by atoms with Crippen molar-refractivity contribution >= 4 is 40.8 Å². The van der Waals surface area contributed by atoms with E-state index in [9.17, 15) is 19.5 Å². The fraction of sp³-hybridized carbons (Fsp3) is 0.514. The molecule has 0 radical (unpaired) electrons. The first kappa shape index (κ1) is 35.4. The fourth-order valence-electron chi connectivity index (χ4n) is 5.47. The van der Waals surface area contributed by atoms with Crippen molar-refractivity contribution < 1.29 is 29.0 Å². The molecule has 12 heteroatoms. The summed E-state index contributed by atoms with van der Waals surface area (Å²) in [7, 11) is 0. The molecule has 1 aromatic carbocycles. The lowest BCUT2D eigenvalue weighted by molar-refractivity contribution is -0.149. The standard InChI is InChI=1S/C35H48N6O6/c1-11-27(42)37-23-13-12-14-24(17-23)40(32(45)47-33(4,5)6)29-18-28(38-30-26(22(2)3)19-36-41(29)30)46-25-15-16-35(9,10)39(20-25)21-34(7,8)31(43)44/h11-14,17-19,22,25H,1,15-16,20-21H2,2-10H3,(H,37,42)(H,43,44)/t25-/m1/s1. The number of hydrogen-bond acceptors (Lipinski definition) is 8. The number of anilines is 3. The lowest BCUT2D eigenvalue weighted by Crippen LogP contribution is -2.56. The second kappa shape index (κ2) is 13.3. The van der Waals surface area contributed by atoms with E-state index < -0.39 is 29.0 Å². The molecule has 254 valence electrons. The first-order valence-corrected chi connectivity index (χ1v) is 15.9. The second-order valence-corrected chi connectivity index (χ2v) is 14.7. The Bertz CT molecular complexity index is 1650. The van der Waals surface area contributed by atoms with E-state index in [0.29, 0.717) is 41.8 Å². The van der Waals surface area contributed by atoms with Crippen LogP contribution in [0, 0.1) is 5.41 Å². The van der Waals surface area contributed by atoms with Gasteiger partial charge in [-0.15, -0.1) is 0 Å². The smallest absolute Gasteiger partial charge is 0.420 e. The van der Waals surface area contributed by atoms with Crippen molar-refractivity contribution in [3.05, 3.63) is 54.7 Å². The summed E-state index contributed by atoms with van der Waals surface area (Å²) >= 11 is 0. The van der Waals surface area contributed by atoms with Gasteiger partial charge in [-0.05, 0) is 91.5 Å². The van der Waals surface area contributed by atoms with Crippen LogP contribution in [0.3, 0.4) is 0 Å². The van der Waals surface area contributed by atoms with Crippen LogP contribution in [0.5, 0.6) is 5.88 Å². The molecule has 3 aromatic rings. The van der Waals surface area contributed by atoms with Crippen LogP contribution in [0.4, 0.5) is 22.0 Å². The largest absolute Gasteiger partial charge is 0.481 e. The molecule has 2 aromatic heterocycles. The number of carboxylic acids is 1. The average molecular weight is 649 g/mol. The van der Waals surface area contributed by atoms with Gasteiger partial charge in [-0.3, -0.25) is 14.5 Å². The maximum atomic E-state index is 14.0. The van der Waals surface area contributed by atoms with Gasteiger partial charge in [0.2, 0.25) is 11.8 Å². The Kier molecular flexibility index (Phi) is 10.1. The van der Waals surface area contributed by atoms with Gasteiger partial charge in [0, 0.05) is 35.9 Å². The van der Waals surface area contributed by atoms with Gasteiger partial charge in [-0.2, -0.15) is 14.6 Å². The van der Waals surface area contributed by atoms with Gasteiger partial charge in [0.25, 0.3) is 0 Å². The molecule has 47 heavy (non-hydrogen) atoms. The van der Waals surface area contributed by atoms with Crippen LogP contribution in [-0.2, 0) is 14.3 Å². The quantitative estimate of drug-likeness (QED) is 0.228. The van der Waals surface area contributed by atoms with E-state index >= 15 is 0 Å². The van der Waals surface area contributed by atoms with Crippen molar-refractivity contribution in [2.75, 3.05) is 23.3 Å². The van der Waals surface area contributed by atoms with Gasteiger partial charge in [0.05, 0.1) is 17.3 Å². The number of carbonyl (C=O) groups excluding carboxylic acids is 2. The third kappa shape index (κ3) is 8.29. The van der Waals surface area contributed by atoms with E-state index in [4.69, 9.17) is 14.5 Å². The van der Waals surface area contributed by atoms with E-state index in [-0.39, 0.29) is 17.6 Å². The molecule has 0 bridgehead atoms.